The average Bonchev–Trinajstić information content (AvgIpc) is 3.09. The van der Waals surface area contributed by atoms with Crippen molar-refractivity contribution in [3.8, 4) is 0 Å². The third kappa shape index (κ3) is 3.13. The smallest absolute Gasteiger partial charge is 0.177 e. The van der Waals surface area contributed by atoms with Crippen LogP contribution >= 0.6 is 0 Å². The molecule has 27 heavy (non-hydrogen) atoms. The topological polar surface area (TPSA) is 50.5 Å². The van der Waals surface area contributed by atoms with Crippen LogP contribution in [-0.2, 0) is 4.74 Å². The van der Waals surface area contributed by atoms with Crippen molar-refractivity contribution >= 4 is 38.7 Å². The first-order valence-electron chi connectivity index (χ1n) is 9.64. The van der Waals surface area contributed by atoms with Gasteiger partial charge >= 0.3 is 0 Å². The zero-order chi connectivity index (χ0) is 18.1. The molecule has 4 aromatic rings. The summed E-state index contributed by atoms with van der Waals surface area (Å²) in [5, 5.41) is 5.81. The monoisotopic (exact) mass is 361 g/mol. The predicted octanol–water partition coefficient (Wildman–Crippen LogP) is 4.27. The largest absolute Gasteiger partial charge is 0.452 e. The first kappa shape index (κ1) is 16.5. The fourth-order valence-electron chi connectivity index (χ4n) is 3.85. The molecule has 3 heterocycles. The molecule has 0 amide bonds. The van der Waals surface area contributed by atoms with Crippen molar-refractivity contribution < 1.29 is 9.15 Å². The van der Waals surface area contributed by atoms with Crippen LogP contribution in [0.15, 0.2) is 52.9 Å². The van der Waals surface area contributed by atoms with Crippen molar-refractivity contribution in [3.05, 3.63) is 48.5 Å². The number of aromatic nitrogens is 1. The van der Waals surface area contributed by atoms with Gasteiger partial charge in [0, 0.05) is 30.4 Å². The van der Waals surface area contributed by atoms with Crippen molar-refractivity contribution in [3.63, 3.8) is 0 Å². The lowest BCUT2D eigenvalue weighted by atomic mass is 10.1. The molecule has 0 radical (unpaired) electrons. The van der Waals surface area contributed by atoms with Crippen molar-refractivity contribution in [2.45, 2.75) is 6.42 Å². The summed E-state index contributed by atoms with van der Waals surface area (Å²) in [6, 6.07) is 16.4. The number of benzene rings is 2. The predicted molar refractivity (Wildman–Crippen MR) is 109 cm³/mol. The SMILES string of the molecule is c1ccc2c(NCCCN3CCOCC3)c3oc4ccccc4c3nc2c1. The molecule has 2 aromatic heterocycles. The van der Waals surface area contributed by atoms with Crippen molar-refractivity contribution in [2.75, 3.05) is 44.7 Å². The summed E-state index contributed by atoms with van der Waals surface area (Å²) in [4.78, 5) is 7.34. The van der Waals surface area contributed by atoms with E-state index in [2.05, 4.69) is 34.5 Å². The maximum Gasteiger partial charge on any atom is 0.177 e. The lowest BCUT2D eigenvalue weighted by molar-refractivity contribution is 0.0378. The van der Waals surface area contributed by atoms with Gasteiger partial charge < -0.3 is 14.5 Å². The van der Waals surface area contributed by atoms with Crippen LogP contribution in [0.4, 0.5) is 5.69 Å². The molecular weight excluding hydrogens is 338 g/mol. The Kier molecular flexibility index (Phi) is 4.40. The Hall–Kier alpha value is -2.63. The molecule has 0 bridgehead atoms. The molecule has 5 nitrogen and oxygen atoms in total. The van der Waals surface area contributed by atoms with Crippen molar-refractivity contribution in [1.29, 1.82) is 0 Å². The molecule has 1 N–H and O–H groups in total. The fourth-order valence-corrected chi connectivity index (χ4v) is 3.85. The Balaban J connectivity index is 1.47. The number of furan rings is 1. The Bertz CT molecular complexity index is 1080. The summed E-state index contributed by atoms with van der Waals surface area (Å²) in [5.74, 6) is 0. The van der Waals surface area contributed by atoms with Crippen molar-refractivity contribution in [2.24, 2.45) is 0 Å². The lowest BCUT2D eigenvalue weighted by Crippen LogP contribution is -2.37. The van der Waals surface area contributed by atoms with Crippen LogP contribution in [0.1, 0.15) is 6.42 Å². The third-order valence-corrected chi connectivity index (χ3v) is 5.26. The fraction of sp³-hybridized carbons (Fsp3) is 0.318. The van der Waals surface area contributed by atoms with Crippen LogP contribution in [0.3, 0.4) is 0 Å². The zero-order valence-corrected chi connectivity index (χ0v) is 15.3. The number of morpholine rings is 1. The van der Waals surface area contributed by atoms with Crippen LogP contribution in [-0.4, -0.2) is 49.3 Å². The summed E-state index contributed by atoms with van der Waals surface area (Å²) in [6.45, 7) is 5.75. The van der Waals surface area contributed by atoms with Gasteiger partial charge in [0.1, 0.15) is 11.1 Å². The quantitative estimate of drug-likeness (QED) is 0.538. The van der Waals surface area contributed by atoms with Gasteiger partial charge in [-0.1, -0.05) is 30.3 Å². The van der Waals surface area contributed by atoms with Crippen molar-refractivity contribution in [1.82, 2.24) is 9.88 Å². The number of anilines is 1. The Morgan fingerprint density at radius 1 is 0.963 bits per heavy atom. The minimum Gasteiger partial charge on any atom is -0.452 e. The first-order chi connectivity index (χ1) is 13.4. The van der Waals surface area contributed by atoms with Crippen LogP contribution in [0.5, 0.6) is 0 Å². The number of rotatable bonds is 5. The normalized spacial score (nSPS) is 15.7. The van der Waals surface area contributed by atoms with Gasteiger partial charge in [-0.3, -0.25) is 4.90 Å². The molecule has 1 aliphatic rings. The second-order valence-electron chi connectivity index (χ2n) is 7.01. The minimum absolute atomic E-state index is 0.848. The average molecular weight is 361 g/mol. The molecule has 0 aliphatic carbocycles. The number of nitrogens with zero attached hydrogens (tertiary/aromatic N) is 2. The van der Waals surface area contributed by atoms with E-state index in [9.17, 15) is 0 Å². The number of hydrogen-bond donors (Lipinski definition) is 1. The molecule has 0 atom stereocenters. The highest BCUT2D eigenvalue weighted by Gasteiger charge is 2.16. The second kappa shape index (κ2) is 7.18. The van der Waals surface area contributed by atoms with E-state index in [1.807, 2.05) is 24.3 Å². The molecule has 0 unspecified atom stereocenters. The second-order valence-corrected chi connectivity index (χ2v) is 7.01. The molecule has 1 saturated heterocycles. The molecule has 1 fully saturated rings. The molecule has 138 valence electrons. The highest BCUT2D eigenvalue weighted by molar-refractivity contribution is 6.13. The van der Waals surface area contributed by atoms with Gasteiger partial charge in [0.05, 0.1) is 24.4 Å². The maximum atomic E-state index is 6.19. The summed E-state index contributed by atoms with van der Waals surface area (Å²) >= 11 is 0. The Labute approximate surface area is 157 Å². The summed E-state index contributed by atoms with van der Waals surface area (Å²) in [6.07, 6.45) is 1.08. The minimum atomic E-state index is 0.848. The van der Waals surface area contributed by atoms with Gasteiger partial charge in [-0.25, -0.2) is 4.98 Å². The summed E-state index contributed by atoms with van der Waals surface area (Å²) < 4.78 is 11.6. The van der Waals surface area contributed by atoms with E-state index in [0.717, 1.165) is 84.5 Å². The molecule has 5 heteroatoms. The van der Waals surface area contributed by atoms with Gasteiger partial charge in [-0.2, -0.15) is 0 Å². The van der Waals surface area contributed by atoms with Gasteiger partial charge in [0.25, 0.3) is 0 Å². The van der Waals surface area contributed by atoms with E-state index >= 15 is 0 Å². The molecule has 5 rings (SSSR count). The van der Waals surface area contributed by atoms with Crippen LogP contribution in [0.2, 0.25) is 0 Å². The van der Waals surface area contributed by atoms with E-state index in [1.165, 1.54) is 0 Å². The van der Waals surface area contributed by atoms with E-state index < -0.39 is 0 Å². The van der Waals surface area contributed by atoms with Crippen LogP contribution in [0.25, 0.3) is 33.0 Å². The first-order valence-corrected chi connectivity index (χ1v) is 9.64. The Morgan fingerprint density at radius 3 is 2.63 bits per heavy atom. The van der Waals surface area contributed by atoms with Gasteiger partial charge in [-0.15, -0.1) is 0 Å². The standard InChI is InChI=1S/C22H23N3O2/c1-3-8-18-16(6-1)20(23-10-5-11-25-12-14-26-15-13-25)22-21(24-18)17-7-2-4-9-19(17)27-22/h1-4,6-9H,5,10-15H2,(H,23,24). The summed E-state index contributed by atoms with van der Waals surface area (Å²) in [5.41, 5.74) is 4.70. The maximum absolute atomic E-state index is 6.19. The molecule has 2 aromatic carbocycles. The molecular formula is C22H23N3O2. The van der Waals surface area contributed by atoms with Gasteiger partial charge in [0.15, 0.2) is 5.58 Å². The number of hydrogen-bond acceptors (Lipinski definition) is 5. The van der Waals surface area contributed by atoms with E-state index in [0.29, 0.717) is 0 Å². The number of pyridine rings is 1. The highest BCUT2D eigenvalue weighted by Crippen LogP contribution is 2.36. The number of fused-ring (bicyclic) bond motifs is 4. The summed E-state index contributed by atoms with van der Waals surface area (Å²) in [7, 11) is 0. The zero-order valence-electron chi connectivity index (χ0n) is 15.3. The third-order valence-electron chi connectivity index (χ3n) is 5.26. The van der Waals surface area contributed by atoms with E-state index in [1.54, 1.807) is 0 Å². The van der Waals surface area contributed by atoms with Crippen LogP contribution < -0.4 is 5.32 Å². The van der Waals surface area contributed by atoms with Crippen LogP contribution in [0, 0.1) is 0 Å². The molecule has 0 saturated carbocycles. The molecule has 1 aliphatic heterocycles. The van der Waals surface area contributed by atoms with E-state index in [-0.39, 0.29) is 0 Å². The van der Waals surface area contributed by atoms with E-state index in [4.69, 9.17) is 14.1 Å². The number of nitrogens with one attached hydrogen (secondary N) is 1. The Morgan fingerprint density at radius 2 is 1.74 bits per heavy atom. The number of ether oxygens (including phenoxy) is 1. The lowest BCUT2D eigenvalue weighted by Gasteiger charge is -2.26. The van der Waals surface area contributed by atoms with Gasteiger partial charge in [0.2, 0.25) is 0 Å². The number of para-hydroxylation sites is 2. The highest BCUT2D eigenvalue weighted by atomic mass is 16.5. The van der Waals surface area contributed by atoms with Gasteiger partial charge in [-0.05, 0) is 31.2 Å². The molecule has 0 spiro atoms.